The molecule has 1 aliphatic rings. The highest BCUT2D eigenvalue weighted by atomic mass is 32.2. The van der Waals surface area contributed by atoms with Crippen LogP contribution >= 0.6 is 23.3 Å². The molecule has 3 rings (SSSR count). The molecule has 1 heterocycles. The van der Waals surface area contributed by atoms with Gasteiger partial charge in [-0.2, -0.15) is 0 Å². The maximum absolute atomic E-state index is 13.9. The predicted molar refractivity (Wildman–Crippen MR) is 131 cm³/mol. The molecule has 178 valence electrons. The average molecular weight is 486 g/mol. The largest absolute Gasteiger partial charge is 0.382 e. The fraction of sp³-hybridized carbons (Fsp3) is 0.545. The molecule has 0 amide bonds. The van der Waals surface area contributed by atoms with E-state index in [1.807, 2.05) is 11.9 Å². The maximum atomic E-state index is 13.9. The predicted octanol–water partition coefficient (Wildman–Crippen LogP) is 4.75. The summed E-state index contributed by atoms with van der Waals surface area (Å²) in [6.45, 7) is 4.84. The number of thiazole rings is 1. The van der Waals surface area contributed by atoms with Gasteiger partial charge in [0, 0.05) is 18.3 Å². The summed E-state index contributed by atoms with van der Waals surface area (Å²) in [7, 11) is 1.65. The Balaban J connectivity index is 0.000000258. The molecule has 0 aliphatic heterocycles. The Hall–Kier alpha value is -1.75. The minimum absolute atomic E-state index is 0.0679. The molecule has 0 spiro atoms. The summed E-state index contributed by atoms with van der Waals surface area (Å²) < 4.78 is 31.4. The summed E-state index contributed by atoms with van der Waals surface area (Å²) in [5.74, 6) is -0.807. The second-order valence-corrected chi connectivity index (χ2v) is 10.1. The van der Waals surface area contributed by atoms with Crippen LogP contribution in [0.2, 0.25) is 0 Å². The van der Waals surface area contributed by atoms with Crippen molar-refractivity contribution in [3.8, 4) is 0 Å². The van der Waals surface area contributed by atoms with Gasteiger partial charge in [-0.15, -0.1) is 0 Å². The van der Waals surface area contributed by atoms with Gasteiger partial charge in [-0.3, -0.25) is 9.52 Å². The highest BCUT2D eigenvalue weighted by Crippen LogP contribution is 2.28. The SMILES string of the molecule is CC(C)CSNC1CCCCC1.CNCc1cc(F)c(C(=O)c2sc(N)nc2N)c(F)c1. The molecular formula is C22H33F2N5OS2. The van der Waals surface area contributed by atoms with Crippen molar-refractivity contribution in [3.63, 3.8) is 0 Å². The van der Waals surface area contributed by atoms with Gasteiger partial charge in [0.2, 0.25) is 5.78 Å². The summed E-state index contributed by atoms with van der Waals surface area (Å²) in [5, 5.41) is 2.84. The Morgan fingerprint density at radius 2 is 1.84 bits per heavy atom. The number of rotatable bonds is 8. The van der Waals surface area contributed by atoms with Crippen LogP contribution in [0, 0.1) is 17.6 Å². The molecule has 0 bridgehead atoms. The number of benzene rings is 1. The van der Waals surface area contributed by atoms with Crippen LogP contribution in [0.4, 0.5) is 19.7 Å². The lowest BCUT2D eigenvalue weighted by molar-refractivity contribution is 0.103. The van der Waals surface area contributed by atoms with Crippen molar-refractivity contribution in [2.45, 2.75) is 58.5 Å². The van der Waals surface area contributed by atoms with Gasteiger partial charge in [-0.05, 0) is 43.5 Å². The first kappa shape index (κ1) is 26.5. The molecule has 6 nitrogen and oxygen atoms in total. The van der Waals surface area contributed by atoms with E-state index in [2.05, 4.69) is 28.9 Å². The van der Waals surface area contributed by atoms with E-state index in [1.165, 1.54) is 37.9 Å². The van der Waals surface area contributed by atoms with E-state index >= 15 is 0 Å². The lowest BCUT2D eigenvalue weighted by atomic mass is 9.96. The maximum Gasteiger partial charge on any atom is 0.212 e. The third kappa shape index (κ3) is 7.99. The number of aromatic nitrogens is 1. The summed E-state index contributed by atoms with van der Waals surface area (Å²) in [5.41, 5.74) is 10.7. The number of hydrogen-bond acceptors (Lipinski definition) is 8. The molecule has 1 saturated carbocycles. The number of nitrogens with two attached hydrogens (primary N) is 2. The minimum atomic E-state index is -0.938. The smallest absolute Gasteiger partial charge is 0.212 e. The number of nitrogens with one attached hydrogen (secondary N) is 2. The van der Waals surface area contributed by atoms with E-state index in [4.69, 9.17) is 11.5 Å². The number of halogens is 2. The molecule has 32 heavy (non-hydrogen) atoms. The van der Waals surface area contributed by atoms with E-state index in [-0.39, 0.29) is 22.4 Å². The first-order valence-electron chi connectivity index (χ1n) is 10.8. The van der Waals surface area contributed by atoms with E-state index < -0.39 is 23.0 Å². The van der Waals surface area contributed by atoms with Crippen molar-refractivity contribution in [1.82, 2.24) is 15.0 Å². The molecule has 10 heteroatoms. The van der Waals surface area contributed by atoms with Crippen LogP contribution in [0.15, 0.2) is 12.1 Å². The minimum Gasteiger partial charge on any atom is -0.382 e. The van der Waals surface area contributed by atoms with Crippen LogP contribution in [0.1, 0.15) is 66.8 Å². The molecule has 1 aliphatic carbocycles. The van der Waals surface area contributed by atoms with Gasteiger partial charge in [-0.1, -0.05) is 56.4 Å². The highest BCUT2D eigenvalue weighted by Gasteiger charge is 2.24. The third-order valence-corrected chi connectivity index (χ3v) is 7.09. The van der Waals surface area contributed by atoms with Gasteiger partial charge in [0.25, 0.3) is 0 Å². The number of anilines is 2. The Morgan fingerprint density at radius 3 is 2.34 bits per heavy atom. The lowest BCUT2D eigenvalue weighted by Crippen LogP contribution is -2.26. The van der Waals surface area contributed by atoms with E-state index in [0.717, 1.165) is 35.4 Å². The topological polar surface area (TPSA) is 106 Å². The quantitative estimate of drug-likeness (QED) is 0.316. The molecule has 0 unspecified atom stereocenters. The van der Waals surface area contributed by atoms with E-state index in [0.29, 0.717) is 5.56 Å². The first-order valence-corrected chi connectivity index (χ1v) is 12.6. The summed E-state index contributed by atoms with van der Waals surface area (Å²) >= 11 is 2.71. The van der Waals surface area contributed by atoms with Gasteiger partial charge in [0.15, 0.2) is 5.13 Å². The second-order valence-electron chi connectivity index (χ2n) is 8.22. The zero-order valence-electron chi connectivity index (χ0n) is 18.8. The van der Waals surface area contributed by atoms with Crippen molar-refractivity contribution in [1.29, 1.82) is 0 Å². The van der Waals surface area contributed by atoms with Crippen molar-refractivity contribution < 1.29 is 13.6 Å². The fourth-order valence-corrected chi connectivity index (χ4v) is 4.93. The second kappa shape index (κ2) is 13.1. The Kier molecular flexibility index (Phi) is 10.8. The summed E-state index contributed by atoms with van der Waals surface area (Å²) in [6.07, 6.45) is 7.10. The molecule has 0 saturated heterocycles. The number of hydrogen-bond donors (Lipinski definition) is 4. The van der Waals surface area contributed by atoms with Crippen LogP contribution in [0.25, 0.3) is 0 Å². The Labute approximate surface area is 197 Å². The van der Waals surface area contributed by atoms with E-state index in [9.17, 15) is 13.6 Å². The average Bonchev–Trinajstić information content (AvgIpc) is 3.07. The van der Waals surface area contributed by atoms with Crippen molar-refractivity contribution in [2.75, 3.05) is 24.3 Å². The molecule has 0 radical (unpaired) electrons. The number of nitrogens with zero attached hydrogens (tertiary/aromatic N) is 1. The zero-order valence-corrected chi connectivity index (χ0v) is 20.5. The van der Waals surface area contributed by atoms with Gasteiger partial charge in [-0.25, -0.2) is 13.8 Å². The van der Waals surface area contributed by atoms with Gasteiger partial charge in [0.05, 0.1) is 5.56 Å². The number of carbonyl (C=O) groups is 1. The molecular weight excluding hydrogens is 452 g/mol. The van der Waals surface area contributed by atoms with Crippen molar-refractivity contribution in [3.05, 3.63) is 39.8 Å². The molecule has 1 aromatic carbocycles. The van der Waals surface area contributed by atoms with Crippen LogP contribution in [-0.4, -0.2) is 29.6 Å². The Bertz CT molecular complexity index is 862. The lowest BCUT2D eigenvalue weighted by Gasteiger charge is -2.22. The summed E-state index contributed by atoms with van der Waals surface area (Å²) in [4.78, 5) is 15.7. The molecule has 6 N–H and O–H groups in total. The Morgan fingerprint density at radius 1 is 1.22 bits per heavy atom. The van der Waals surface area contributed by atoms with Gasteiger partial charge < -0.3 is 16.8 Å². The van der Waals surface area contributed by atoms with Crippen LogP contribution in [0.3, 0.4) is 0 Å². The number of ketones is 1. The van der Waals surface area contributed by atoms with Crippen LogP contribution < -0.4 is 21.5 Å². The highest BCUT2D eigenvalue weighted by molar-refractivity contribution is 7.97. The standard InChI is InChI=1S/C12H12F2N4OS.C10H21NS/c1-17-4-5-2-6(13)8(7(14)3-5)9(19)10-11(15)18-12(16)20-10;1-9(2)8-12-11-10-6-4-3-5-7-10/h2-3,17H,4,15H2,1H3,(H2,16,18);9-11H,3-8H2,1-2H3. The fourth-order valence-electron chi connectivity index (χ4n) is 3.33. The molecule has 1 aromatic heterocycles. The number of nitrogen functional groups attached to an aromatic ring is 2. The molecule has 2 aromatic rings. The van der Waals surface area contributed by atoms with Gasteiger partial charge in [0.1, 0.15) is 22.3 Å². The number of carbonyl (C=O) groups excluding carboxylic acids is 1. The van der Waals surface area contributed by atoms with Gasteiger partial charge >= 0.3 is 0 Å². The van der Waals surface area contributed by atoms with E-state index in [1.54, 1.807) is 7.05 Å². The van der Waals surface area contributed by atoms with Crippen molar-refractivity contribution in [2.24, 2.45) is 5.92 Å². The first-order chi connectivity index (χ1) is 15.2. The van der Waals surface area contributed by atoms with Crippen LogP contribution in [0.5, 0.6) is 0 Å². The molecule has 1 fully saturated rings. The van der Waals surface area contributed by atoms with Crippen molar-refractivity contribution >= 4 is 40.0 Å². The molecule has 0 atom stereocenters. The monoisotopic (exact) mass is 485 g/mol. The van der Waals surface area contributed by atoms with Crippen LogP contribution in [-0.2, 0) is 6.54 Å². The summed E-state index contributed by atoms with van der Waals surface area (Å²) in [6, 6.07) is 3.02. The zero-order chi connectivity index (χ0) is 23.7. The normalized spacial score (nSPS) is 14.3. The third-order valence-electron chi connectivity index (χ3n) is 4.86.